The Morgan fingerprint density at radius 3 is 2.88 bits per heavy atom. The number of hydrogen-bond donors (Lipinski definition) is 2. The molecule has 1 fully saturated rings. The maximum absolute atomic E-state index is 8.90. The number of aliphatic hydroxyl groups is 1. The van der Waals surface area contributed by atoms with Crippen LogP contribution in [-0.2, 0) is 0 Å². The molecule has 0 atom stereocenters. The fraction of sp³-hybridized carbons (Fsp3) is 0.778. The number of rotatable bonds is 3. The lowest BCUT2D eigenvalue weighted by Gasteiger charge is -2.20. The topological polar surface area (TPSA) is 78.5 Å². The van der Waals surface area contributed by atoms with E-state index in [1.807, 2.05) is 0 Å². The first-order chi connectivity index (χ1) is 7.79. The third-order valence-corrected chi connectivity index (χ3v) is 3.50. The molecule has 0 spiro atoms. The molecule has 2 heterocycles. The van der Waals surface area contributed by atoms with Crippen molar-refractivity contribution in [3.63, 3.8) is 0 Å². The van der Waals surface area contributed by atoms with Crippen LogP contribution < -0.4 is 10.6 Å². The van der Waals surface area contributed by atoms with E-state index >= 15 is 0 Å². The summed E-state index contributed by atoms with van der Waals surface area (Å²) in [4.78, 5) is 8.67. The van der Waals surface area contributed by atoms with E-state index in [1.165, 1.54) is 11.5 Å². The van der Waals surface area contributed by atoms with Crippen molar-refractivity contribution in [3.8, 4) is 0 Å². The molecule has 0 aliphatic carbocycles. The van der Waals surface area contributed by atoms with Crippen LogP contribution in [0.4, 0.5) is 11.1 Å². The Labute approximate surface area is 98.9 Å². The molecule has 7 heteroatoms. The van der Waals surface area contributed by atoms with E-state index in [0.717, 1.165) is 44.3 Å². The van der Waals surface area contributed by atoms with E-state index in [-0.39, 0.29) is 6.61 Å². The van der Waals surface area contributed by atoms with Gasteiger partial charge in [-0.15, -0.1) is 0 Å². The molecular formula is C9H17N5OS. The molecule has 90 valence electrons. The van der Waals surface area contributed by atoms with Crippen LogP contribution in [-0.4, -0.2) is 58.7 Å². The minimum absolute atomic E-state index is 0.228. The highest BCUT2D eigenvalue weighted by Gasteiger charge is 2.17. The Kier molecular flexibility index (Phi) is 3.92. The van der Waals surface area contributed by atoms with Gasteiger partial charge in [-0.2, -0.15) is 9.36 Å². The van der Waals surface area contributed by atoms with Gasteiger partial charge in [0.1, 0.15) is 0 Å². The third-order valence-electron chi connectivity index (χ3n) is 2.71. The van der Waals surface area contributed by atoms with Gasteiger partial charge in [0.25, 0.3) is 0 Å². The van der Waals surface area contributed by atoms with Crippen molar-refractivity contribution >= 4 is 22.6 Å². The van der Waals surface area contributed by atoms with E-state index in [9.17, 15) is 0 Å². The van der Waals surface area contributed by atoms with Gasteiger partial charge in [-0.25, -0.2) is 0 Å². The molecule has 0 radical (unpaired) electrons. The van der Waals surface area contributed by atoms with Crippen LogP contribution in [0, 0.1) is 0 Å². The SMILES string of the molecule is Nc1nsc(N2CCCN(CCO)CC2)n1. The number of anilines is 2. The zero-order valence-electron chi connectivity index (χ0n) is 9.17. The average Bonchev–Trinajstić information content (AvgIpc) is 2.57. The fourth-order valence-electron chi connectivity index (χ4n) is 1.88. The second-order valence-electron chi connectivity index (χ2n) is 3.84. The van der Waals surface area contributed by atoms with Crippen molar-refractivity contribution in [1.82, 2.24) is 14.3 Å². The summed E-state index contributed by atoms with van der Waals surface area (Å²) in [5.41, 5.74) is 5.52. The predicted molar refractivity (Wildman–Crippen MR) is 64.7 cm³/mol. The van der Waals surface area contributed by atoms with Gasteiger partial charge in [-0.3, -0.25) is 4.90 Å². The van der Waals surface area contributed by atoms with Gasteiger partial charge < -0.3 is 15.7 Å². The lowest BCUT2D eigenvalue weighted by molar-refractivity contribution is 0.204. The van der Waals surface area contributed by atoms with E-state index in [1.54, 1.807) is 0 Å². The van der Waals surface area contributed by atoms with E-state index < -0.39 is 0 Å². The summed E-state index contributed by atoms with van der Waals surface area (Å²) >= 11 is 1.35. The molecule has 6 nitrogen and oxygen atoms in total. The summed E-state index contributed by atoms with van der Waals surface area (Å²) in [6, 6.07) is 0. The van der Waals surface area contributed by atoms with Crippen LogP contribution in [0.2, 0.25) is 0 Å². The molecule has 2 rings (SSSR count). The number of aromatic nitrogens is 2. The van der Waals surface area contributed by atoms with Crippen LogP contribution in [0.15, 0.2) is 0 Å². The van der Waals surface area contributed by atoms with Crippen LogP contribution in [0.25, 0.3) is 0 Å². The Balaban J connectivity index is 1.93. The van der Waals surface area contributed by atoms with E-state index in [2.05, 4.69) is 19.2 Å². The summed E-state index contributed by atoms with van der Waals surface area (Å²) in [5.74, 6) is 0.358. The first kappa shape index (κ1) is 11.6. The predicted octanol–water partition coefficient (Wildman–Crippen LogP) is -0.375. The Bertz CT molecular complexity index is 331. The van der Waals surface area contributed by atoms with Crippen molar-refractivity contribution in [3.05, 3.63) is 0 Å². The molecule has 1 aromatic heterocycles. The van der Waals surface area contributed by atoms with Crippen LogP contribution in [0.3, 0.4) is 0 Å². The smallest absolute Gasteiger partial charge is 0.233 e. The zero-order valence-corrected chi connectivity index (χ0v) is 9.99. The van der Waals surface area contributed by atoms with Crippen LogP contribution >= 0.6 is 11.5 Å². The lowest BCUT2D eigenvalue weighted by atomic mass is 10.4. The summed E-state index contributed by atoms with van der Waals surface area (Å²) < 4.78 is 3.99. The van der Waals surface area contributed by atoms with Gasteiger partial charge >= 0.3 is 0 Å². The Hall–Kier alpha value is -0.920. The lowest BCUT2D eigenvalue weighted by Crippen LogP contribution is -2.32. The number of aliphatic hydroxyl groups excluding tert-OH is 1. The number of nitrogen functional groups attached to an aromatic ring is 1. The molecule has 1 aliphatic rings. The number of nitrogens with zero attached hydrogens (tertiary/aromatic N) is 4. The minimum Gasteiger partial charge on any atom is -0.395 e. The molecule has 0 aromatic carbocycles. The quantitative estimate of drug-likeness (QED) is 0.754. The maximum atomic E-state index is 8.90. The van der Waals surface area contributed by atoms with E-state index in [4.69, 9.17) is 10.8 Å². The van der Waals surface area contributed by atoms with Crippen molar-refractivity contribution in [1.29, 1.82) is 0 Å². The average molecular weight is 243 g/mol. The van der Waals surface area contributed by atoms with Gasteiger partial charge in [0.05, 0.1) is 6.61 Å². The molecular weight excluding hydrogens is 226 g/mol. The van der Waals surface area contributed by atoms with Crippen molar-refractivity contribution in [2.24, 2.45) is 0 Å². The minimum atomic E-state index is 0.228. The molecule has 0 amide bonds. The van der Waals surface area contributed by atoms with Crippen LogP contribution in [0.5, 0.6) is 0 Å². The maximum Gasteiger partial charge on any atom is 0.233 e. The summed E-state index contributed by atoms with van der Waals surface area (Å²) in [5, 5.41) is 9.81. The molecule has 1 aliphatic heterocycles. The normalized spacial score (nSPS) is 18.7. The monoisotopic (exact) mass is 243 g/mol. The van der Waals surface area contributed by atoms with Crippen LogP contribution in [0.1, 0.15) is 6.42 Å². The largest absolute Gasteiger partial charge is 0.395 e. The van der Waals surface area contributed by atoms with E-state index in [0.29, 0.717) is 5.95 Å². The Morgan fingerprint density at radius 2 is 2.19 bits per heavy atom. The standard InChI is InChI=1S/C9H17N5OS/c10-8-11-9(16-12-8)14-3-1-2-13(4-5-14)6-7-15/h15H,1-7H2,(H2,10,12). The molecule has 16 heavy (non-hydrogen) atoms. The fourth-order valence-corrected chi connectivity index (χ4v) is 2.53. The van der Waals surface area contributed by atoms with Gasteiger partial charge in [0, 0.05) is 37.7 Å². The second-order valence-corrected chi connectivity index (χ2v) is 4.57. The van der Waals surface area contributed by atoms with Gasteiger partial charge in [0.2, 0.25) is 11.1 Å². The van der Waals surface area contributed by atoms with Crippen molar-refractivity contribution in [2.45, 2.75) is 6.42 Å². The number of hydrogen-bond acceptors (Lipinski definition) is 7. The molecule has 0 saturated carbocycles. The summed E-state index contributed by atoms with van der Waals surface area (Å²) in [6.45, 7) is 4.88. The molecule has 1 saturated heterocycles. The van der Waals surface area contributed by atoms with Gasteiger partial charge in [0.15, 0.2) is 0 Å². The van der Waals surface area contributed by atoms with Gasteiger partial charge in [-0.1, -0.05) is 0 Å². The summed E-state index contributed by atoms with van der Waals surface area (Å²) in [7, 11) is 0. The summed E-state index contributed by atoms with van der Waals surface area (Å²) in [6.07, 6.45) is 1.08. The second kappa shape index (κ2) is 5.42. The van der Waals surface area contributed by atoms with Crippen molar-refractivity contribution in [2.75, 3.05) is 50.0 Å². The van der Waals surface area contributed by atoms with Gasteiger partial charge in [-0.05, 0) is 13.0 Å². The highest BCUT2D eigenvalue weighted by atomic mass is 32.1. The highest BCUT2D eigenvalue weighted by molar-refractivity contribution is 7.09. The molecule has 1 aromatic rings. The van der Waals surface area contributed by atoms with Crippen molar-refractivity contribution < 1.29 is 5.11 Å². The molecule has 0 bridgehead atoms. The zero-order chi connectivity index (χ0) is 11.4. The first-order valence-corrected chi connectivity index (χ1v) is 6.24. The third kappa shape index (κ3) is 2.81. The molecule has 3 N–H and O–H groups in total. The number of β-amino-alcohol motifs (C(OH)–C–C–N with tert-alkyl or cyclic N) is 1. The first-order valence-electron chi connectivity index (χ1n) is 5.47. The molecule has 0 unspecified atom stereocenters. The highest BCUT2D eigenvalue weighted by Crippen LogP contribution is 2.19. The Morgan fingerprint density at radius 1 is 1.31 bits per heavy atom. The number of nitrogens with two attached hydrogens (primary N) is 1.